The van der Waals surface area contributed by atoms with E-state index in [9.17, 15) is 9.59 Å². The molecule has 1 unspecified atom stereocenters. The number of carboxylic acid groups (broad SMARTS) is 1. The van der Waals surface area contributed by atoms with Crippen LogP contribution in [0.4, 0.5) is 15.3 Å². The van der Waals surface area contributed by atoms with Crippen LogP contribution in [0.15, 0.2) is 59.0 Å². The number of aromatic nitrogens is 1. The lowest BCUT2D eigenvalue weighted by Crippen LogP contribution is -2.38. The molecule has 0 saturated heterocycles. The van der Waals surface area contributed by atoms with Crippen LogP contribution in [0.2, 0.25) is 0 Å². The number of benzene rings is 1. The maximum absolute atomic E-state index is 12.3. The predicted molar refractivity (Wildman–Crippen MR) is 102 cm³/mol. The van der Waals surface area contributed by atoms with Gasteiger partial charge < -0.3 is 30.2 Å². The summed E-state index contributed by atoms with van der Waals surface area (Å²) in [6.07, 6.45) is 7.99. The topological polar surface area (TPSA) is 126 Å². The molecule has 9 nitrogen and oxygen atoms in total. The maximum atomic E-state index is 12.3. The van der Waals surface area contributed by atoms with E-state index in [1.54, 1.807) is 24.4 Å². The average Bonchev–Trinajstić information content (AvgIpc) is 3.21. The van der Waals surface area contributed by atoms with Crippen molar-refractivity contribution in [2.24, 2.45) is 0 Å². The van der Waals surface area contributed by atoms with Crippen LogP contribution < -0.4 is 20.7 Å². The molecule has 0 fully saturated rings. The van der Waals surface area contributed by atoms with Gasteiger partial charge in [0.15, 0.2) is 12.2 Å². The molecular formula is C19H20N4O5. The van der Waals surface area contributed by atoms with Crippen molar-refractivity contribution in [2.45, 2.75) is 12.5 Å². The maximum Gasteiger partial charge on any atom is 0.404 e. The molecule has 0 spiro atoms. The SMILES string of the molecule is COc1cc(NC(=O)NC2C=C(CNC(=O)O)C=CC2)ccc1-c1cnco1. The van der Waals surface area contributed by atoms with Crippen molar-refractivity contribution in [3.8, 4) is 17.1 Å². The molecule has 1 aromatic carbocycles. The van der Waals surface area contributed by atoms with Crippen LogP contribution in [0.5, 0.6) is 5.75 Å². The number of amides is 3. The Hall–Kier alpha value is -3.75. The van der Waals surface area contributed by atoms with Gasteiger partial charge in [-0.3, -0.25) is 0 Å². The molecule has 1 aromatic heterocycles. The molecule has 1 atom stereocenters. The molecule has 146 valence electrons. The third kappa shape index (κ3) is 4.91. The Balaban J connectivity index is 1.62. The van der Waals surface area contributed by atoms with Gasteiger partial charge >= 0.3 is 12.1 Å². The average molecular weight is 384 g/mol. The zero-order valence-electron chi connectivity index (χ0n) is 15.1. The van der Waals surface area contributed by atoms with E-state index in [1.165, 1.54) is 13.5 Å². The summed E-state index contributed by atoms with van der Waals surface area (Å²) in [5.41, 5.74) is 2.07. The minimum atomic E-state index is -1.09. The summed E-state index contributed by atoms with van der Waals surface area (Å²) in [7, 11) is 1.53. The largest absolute Gasteiger partial charge is 0.496 e. The van der Waals surface area contributed by atoms with Crippen LogP contribution in [0.25, 0.3) is 11.3 Å². The second-order valence-electron chi connectivity index (χ2n) is 6.02. The van der Waals surface area contributed by atoms with Crippen molar-refractivity contribution in [1.82, 2.24) is 15.6 Å². The van der Waals surface area contributed by atoms with E-state index in [0.29, 0.717) is 23.6 Å². The highest BCUT2D eigenvalue weighted by Crippen LogP contribution is 2.32. The van der Waals surface area contributed by atoms with Gasteiger partial charge in [-0.2, -0.15) is 0 Å². The fourth-order valence-corrected chi connectivity index (χ4v) is 2.80. The van der Waals surface area contributed by atoms with Crippen molar-refractivity contribution in [2.75, 3.05) is 19.0 Å². The van der Waals surface area contributed by atoms with Crippen molar-refractivity contribution in [3.05, 3.63) is 54.6 Å². The summed E-state index contributed by atoms with van der Waals surface area (Å²) in [5, 5.41) is 16.6. The standard InChI is InChI=1S/C19H20N4O5/c1-27-16-8-14(5-6-15(16)17-10-20-11-28-17)23-18(24)22-13-4-2-3-12(7-13)9-21-19(25)26/h2-3,5-8,10-11,13,21H,4,9H2,1H3,(H,25,26)(H2,22,23,24). The van der Waals surface area contributed by atoms with Crippen molar-refractivity contribution >= 4 is 17.8 Å². The minimum absolute atomic E-state index is 0.186. The second-order valence-corrected chi connectivity index (χ2v) is 6.02. The number of hydrogen-bond donors (Lipinski definition) is 4. The third-order valence-corrected chi connectivity index (χ3v) is 4.05. The smallest absolute Gasteiger partial charge is 0.404 e. The fourth-order valence-electron chi connectivity index (χ4n) is 2.80. The molecule has 1 heterocycles. The zero-order chi connectivity index (χ0) is 19.9. The highest BCUT2D eigenvalue weighted by atomic mass is 16.5. The number of oxazole rings is 1. The first-order valence-corrected chi connectivity index (χ1v) is 8.53. The van der Waals surface area contributed by atoms with Crippen LogP contribution in [-0.2, 0) is 0 Å². The summed E-state index contributed by atoms with van der Waals surface area (Å²) >= 11 is 0. The summed E-state index contributed by atoms with van der Waals surface area (Å²) in [5.74, 6) is 1.10. The fraction of sp³-hybridized carbons (Fsp3) is 0.211. The minimum Gasteiger partial charge on any atom is -0.496 e. The Morgan fingerprint density at radius 1 is 1.39 bits per heavy atom. The van der Waals surface area contributed by atoms with Gasteiger partial charge in [-0.1, -0.05) is 18.2 Å². The number of urea groups is 1. The number of rotatable bonds is 6. The molecular weight excluding hydrogens is 364 g/mol. The van der Waals surface area contributed by atoms with E-state index in [4.69, 9.17) is 14.3 Å². The summed E-state index contributed by atoms with van der Waals surface area (Å²) in [4.78, 5) is 26.8. The van der Waals surface area contributed by atoms with Crippen LogP contribution in [0, 0.1) is 0 Å². The summed E-state index contributed by atoms with van der Waals surface area (Å²) in [6, 6.07) is 4.59. The van der Waals surface area contributed by atoms with E-state index in [0.717, 1.165) is 11.1 Å². The van der Waals surface area contributed by atoms with E-state index >= 15 is 0 Å². The van der Waals surface area contributed by atoms with Crippen molar-refractivity contribution in [3.63, 3.8) is 0 Å². The van der Waals surface area contributed by atoms with Gasteiger partial charge in [0.1, 0.15) is 5.75 Å². The molecule has 0 radical (unpaired) electrons. The van der Waals surface area contributed by atoms with Gasteiger partial charge in [0, 0.05) is 18.3 Å². The Morgan fingerprint density at radius 2 is 2.25 bits per heavy atom. The second kappa shape index (κ2) is 8.76. The quantitative estimate of drug-likeness (QED) is 0.607. The van der Waals surface area contributed by atoms with Gasteiger partial charge in [0.25, 0.3) is 0 Å². The van der Waals surface area contributed by atoms with Crippen LogP contribution in [-0.4, -0.2) is 41.9 Å². The van der Waals surface area contributed by atoms with Crippen LogP contribution in [0.1, 0.15) is 6.42 Å². The van der Waals surface area contributed by atoms with Crippen LogP contribution >= 0.6 is 0 Å². The summed E-state index contributed by atoms with van der Waals surface area (Å²) in [6.45, 7) is 0.186. The first-order valence-electron chi connectivity index (χ1n) is 8.53. The highest BCUT2D eigenvalue weighted by molar-refractivity contribution is 5.90. The molecule has 0 saturated carbocycles. The highest BCUT2D eigenvalue weighted by Gasteiger charge is 2.15. The Kier molecular flexibility index (Phi) is 5.95. The number of carbonyl (C=O) groups excluding carboxylic acids is 1. The lowest BCUT2D eigenvalue weighted by molar-refractivity contribution is 0.195. The molecule has 4 N–H and O–H groups in total. The molecule has 0 aliphatic heterocycles. The number of hydrogen-bond acceptors (Lipinski definition) is 5. The first-order chi connectivity index (χ1) is 13.5. The van der Waals surface area contributed by atoms with E-state index < -0.39 is 6.09 Å². The zero-order valence-corrected chi connectivity index (χ0v) is 15.1. The Bertz CT molecular complexity index is 905. The normalized spacial score (nSPS) is 15.5. The number of carbonyl (C=O) groups is 2. The number of nitrogens with one attached hydrogen (secondary N) is 3. The lowest BCUT2D eigenvalue weighted by Gasteiger charge is -2.19. The molecule has 0 bridgehead atoms. The van der Waals surface area contributed by atoms with Gasteiger partial charge in [-0.25, -0.2) is 14.6 Å². The first kappa shape index (κ1) is 19.0. The molecule has 3 amide bonds. The molecule has 2 aromatic rings. The van der Waals surface area contributed by atoms with Gasteiger partial charge in [0.05, 0.1) is 24.9 Å². The van der Waals surface area contributed by atoms with Gasteiger partial charge in [-0.05, 0) is 24.1 Å². The lowest BCUT2D eigenvalue weighted by atomic mass is 10.0. The summed E-state index contributed by atoms with van der Waals surface area (Å²) < 4.78 is 10.7. The van der Waals surface area contributed by atoms with E-state index in [-0.39, 0.29) is 18.6 Å². The predicted octanol–water partition coefficient (Wildman–Crippen LogP) is 2.99. The van der Waals surface area contributed by atoms with E-state index in [2.05, 4.69) is 20.9 Å². The van der Waals surface area contributed by atoms with Gasteiger partial charge in [-0.15, -0.1) is 0 Å². The van der Waals surface area contributed by atoms with Crippen LogP contribution in [0.3, 0.4) is 0 Å². The Labute approximate surface area is 161 Å². The van der Waals surface area contributed by atoms with Gasteiger partial charge in [0.2, 0.25) is 0 Å². The molecule has 9 heteroatoms. The molecule has 1 aliphatic rings. The molecule has 3 rings (SSSR count). The monoisotopic (exact) mass is 384 g/mol. The van der Waals surface area contributed by atoms with Crippen molar-refractivity contribution in [1.29, 1.82) is 0 Å². The molecule has 28 heavy (non-hydrogen) atoms. The van der Waals surface area contributed by atoms with E-state index in [1.807, 2.05) is 18.2 Å². The number of ether oxygens (including phenoxy) is 1. The van der Waals surface area contributed by atoms with Crippen molar-refractivity contribution < 1.29 is 23.8 Å². The number of nitrogens with zero attached hydrogens (tertiary/aromatic N) is 1. The third-order valence-electron chi connectivity index (χ3n) is 4.05. The number of anilines is 1. The Morgan fingerprint density at radius 3 is 2.96 bits per heavy atom. The molecule has 1 aliphatic carbocycles. The number of methoxy groups -OCH3 is 1.